The summed E-state index contributed by atoms with van der Waals surface area (Å²) < 4.78 is 0. The average molecular weight is 354 g/mol. The lowest BCUT2D eigenvalue weighted by molar-refractivity contribution is -0.385. The summed E-state index contributed by atoms with van der Waals surface area (Å²) in [6, 6.07) is 5.26. The number of nitrogens with zero attached hydrogens (tertiary/aromatic N) is 2. The number of hydrogen-bond acceptors (Lipinski definition) is 5. The van der Waals surface area contributed by atoms with Gasteiger partial charge in [-0.25, -0.2) is 0 Å². The van der Waals surface area contributed by atoms with E-state index in [-0.39, 0.29) is 27.6 Å². The molecule has 0 saturated carbocycles. The molecule has 1 saturated heterocycles. The largest absolute Gasteiger partial charge is 0.294 e. The highest BCUT2D eigenvalue weighted by atomic mass is 32.2. The quantitative estimate of drug-likeness (QED) is 0.599. The van der Waals surface area contributed by atoms with Crippen molar-refractivity contribution in [1.82, 2.24) is 0 Å². The van der Waals surface area contributed by atoms with E-state index in [1.54, 1.807) is 23.9 Å². The Balaban J connectivity index is 1.88. The molecule has 0 N–H and O–H groups in total. The summed E-state index contributed by atoms with van der Waals surface area (Å²) in [5, 5.41) is 11.6. The second-order valence-corrected chi connectivity index (χ2v) is 7.79. The lowest BCUT2D eigenvalue weighted by Gasteiger charge is -2.33. The number of Topliss-reactive ketones (excluding diaryl/α,β-unsaturated/α-hetero) is 1. The first-order valence-electron chi connectivity index (χ1n) is 8.46. The van der Waals surface area contributed by atoms with Gasteiger partial charge in [-0.3, -0.25) is 19.9 Å². The number of thioether (sulfide) groups is 1. The zero-order valence-corrected chi connectivity index (χ0v) is 14.6. The molecule has 25 heavy (non-hydrogen) atoms. The summed E-state index contributed by atoms with van der Waals surface area (Å²) >= 11 is 1.80. The molecule has 0 spiro atoms. The summed E-state index contributed by atoms with van der Waals surface area (Å²) in [6.07, 6.45) is 4.64. The molecule has 5 nitrogen and oxygen atoms in total. The number of rotatable bonds is 3. The molecule has 1 aromatic carbocycles. The second kappa shape index (κ2) is 6.26. The lowest BCUT2D eigenvalue weighted by Crippen LogP contribution is -2.32. The Morgan fingerprint density at radius 1 is 1.32 bits per heavy atom. The van der Waals surface area contributed by atoms with Crippen LogP contribution in [0.5, 0.6) is 0 Å². The van der Waals surface area contributed by atoms with Crippen molar-refractivity contribution in [3.05, 3.63) is 57.3 Å². The Morgan fingerprint density at radius 2 is 2.16 bits per heavy atom. The molecule has 4 rings (SSSR count). The molecule has 1 aromatic rings. The zero-order valence-electron chi connectivity index (χ0n) is 13.7. The standard InChI is InChI=1S/C19H18N2O3S/c1-2-11-6-7-12(10-15(11)21(23)24)17-18-13(4-3-5-16(18)22)20-14-8-9-25-19(14)17/h2,6-7,10,17,19H,1,3-5,8-9H2. The molecular formula is C19H18N2O3S. The van der Waals surface area contributed by atoms with Gasteiger partial charge in [-0.15, -0.1) is 0 Å². The van der Waals surface area contributed by atoms with Gasteiger partial charge in [-0.1, -0.05) is 18.7 Å². The Morgan fingerprint density at radius 3 is 2.92 bits per heavy atom. The smallest absolute Gasteiger partial charge is 0.276 e. The number of aliphatic imine (C=N–C) groups is 1. The topological polar surface area (TPSA) is 72.6 Å². The van der Waals surface area contributed by atoms with Gasteiger partial charge in [-0.05, 0) is 36.6 Å². The van der Waals surface area contributed by atoms with Crippen LogP contribution in [0.25, 0.3) is 6.08 Å². The number of fused-ring (bicyclic) bond motifs is 1. The van der Waals surface area contributed by atoms with E-state index in [2.05, 4.69) is 6.58 Å². The van der Waals surface area contributed by atoms with Crippen molar-refractivity contribution in [2.75, 3.05) is 5.75 Å². The van der Waals surface area contributed by atoms with E-state index < -0.39 is 0 Å². The predicted molar refractivity (Wildman–Crippen MR) is 100 cm³/mol. The Bertz CT molecular complexity index is 856. The van der Waals surface area contributed by atoms with Crippen LogP contribution in [0.4, 0.5) is 5.69 Å². The SMILES string of the molecule is C=Cc1ccc(C2C3=C(CCCC3=O)N=C3CCSC32)cc1[N+](=O)[O-]. The zero-order chi connectivity index (χ0) is 17.6. The van der Waals surface area contributed by atoms with Crippen molar-refractivity contribution >= 4 is 35.0 Å². The summed E-state index contributed by atoms with van der Waals surface area (Å²) in [6.45, 7) is 3.66. The maximum Gasteiger partial charge on any atom is 0.276 e. The number of nitro benzene ring substituents is 1. The van der Waals surface area contributed by atoms with Crippen LogP contribution in [-0.2, 0) is 4.79 Å². The van der Waals surface area contributed by atoms with Gasteiger partial charge in [0.2, 0.25) is 0 Å². The third-order valence-electron chi connectivity index (χ3n) is 5.14. The summed E-state index contributed by atoms with van der Waals surface area (Å²) in [4.78, 5) is 28.5. The fraction of sp³-hybridized carbons (Fsp3) is 0.368. The van der Waals surface area contributed by atoms with Crippen molar-refractivity contribution < 1.29 is 9.72 Å². The van der Waals surface area contributed by atoms with Crippen LogP contribution >= 0.6 is 11.8 Å². The van der Waals surface area contributed by atoms with E-state index in [4.69, 9.17) is 4.99 Å². The van der Waals surface area contributed by atoms with Crippen LogP contribution in [0.15, 0.2) is 41.0 Å². The highest BCUT2D eigenvalue weighted by Gasteiger charge is 2.42. The van der Waals surface area contributed by atoms with Gasteiger partial charge >= 0.3 is 0 Å². The summed E-state index contributed by atoms with van der Waals surface area (Å²) in [7, 11) is 0. The minimum absolute atomic E-state index is 0.0463. The molecule has 2 unspecified atom stereocenters. The molecule has 2 heterocycles. The molecule has 0 radical (unpaired) electrons. The van der Waals surface area contributed by atoms with Crippen molar-refractivity contribution in [2.45, 2.75) is 36.9 Å². The van der Waals surface area contributed by atoms with Gasteiger partial charge in [0.05, 0.1) is 15.7 Å². The minimum Gasteiger partial charge on any atom is -0.294 e. The van der Waals surface area contributed by atoms with Crippen LogP contribution < -0.4 is 0 Å². The van der Waals surface area contributed by atoms with Gasteiger partial charge in [0.25, 0.3) is 5.69 Å². The lowest BCUT2D eigenvalue weighted by atomic mass is 9.77. The van der Waals surface area contributed by atoms with Crippen LogP contribution in [0.3, 0.4) is 0 Å². The fourth-order valence-corrected chi connectivity index (χ4v) is 5.43. The molecule has 3 aliphatic rings. The highest BCUT2D eigenvalue weighted by Crippen LogP contribution is 2.48. The van der Waals surface area contributed by atoms with Crippen LogP contribution in [0.2, 0.25) is 0 Å². The van der Waals surface area contributed by atoms with Crippen molar-refractivity contribution in [3.63, 3.8) is 0 Å². The summed E-state index contributed by atoms with van der Waals surface area (Å²) in [5.41, 5.74) is 4.22. The first kappa shape index (κ1) is 16.3. The van der Waals surface area contributed by atoms with Crippen molar-refractivity contribution in [1.29, 1.82) is 0 Å². The molecule has 0 amide bonds. The molecule has 1 fully saturated rings. The number of allylic oxidation sites excluding steroid dienone is 2. The summed E-state index contributed by atoms with van der Waals surface area (Å²) in [5.74, 6) is 1.01. The average Bonchev–Trinajstić information content (AvgIpc) is 3.07. The van der Waals surface area contributed by atoms with Crippen molar-refractivity contribution in [2.24, 2.45) is 4.99 Å². The Kier molecular flexibility index (Phi) is 4.07. The molecule has 0 bridgehead atoms. The normalized spacial score (nSPS) is 25.3. The fourth-order valence-electron chi connectivity index (χ4n) is 4.00. The number of nitro groups is 1. The molecule has 1 aliphatic carbocycles. The third-order valence-corrected chi connectivity index (χ3v) is 6.48. The Labute approximate surface area is 150 Å². The first-order valence-corrected chi connectivity index (χ1v) is 9.51. The van der Waals surface area contributed by atoms with E-state index in [0.717, 1.165) is 47.6 Å². The van der Waals surface area contributed by atoms with Gasteiger partial charge in [0, 0.05) is 35.4 Å². The molecule has 128 valence electrons. The second-order valence-electron chi connectivity index (χ2n) is 6.54. The molecular weight excluding hydrogens is 336 g/mol. The predicted octanol–water partition coefficient (Wildman–Crippen LogP) is 4.29. The van der Waals surface area contributed by atoms with Gasteiger partial charge in [0.15, 0.2) is 5.78 Å². The van der Waals surface area contributed by atoms with Crippen LogP contribution in [0.1, 0.15) is 42.7 Å². The number of hydrogen-bond donors (Lipinski definition) is 0. The third kappa shape index (κ3) is 2.65. The number of ketones is 1. The monoisotopic (exact) mass is 354 g/mol. The maximum absolute atomic E-state index is 12.7. The van der Waals surface area contributed by atoms with Crippen LogP contribution in [-0.4, -0.2) is 27.4 Å². The van der Waals surface area contributed by atoms with Crippen molar-refractivity contribution in [3.8, 4) is 0 Å². The molecule has 2 aliphatic heterocycles. The van der Waals surface area contributed by atoms with E-state index >= 15 is 0 Å². The van der Waals surface area contributed by atoms with E-state index in [0.29, 0.717) is 12.0 Å². The van der Waals surface area contributed by atoms with Crippen LogP contribution in [0, 0.1) is 10.1 Å². The van der Waals surface area contributed by atoms with Gasteiger partial charge in [-0.2, -0.15) is 11.8 Å². The van der Waals surface area contributed by atoms with E-state index in [9.17, 15) is 14.9 Å². The number of benzene rings is 1. The van der Waals surface area contributed by atoms with E-state index in [1.165, 1.54) is 6.08 Å². The number of carbonyl (C=O) groups is 1. The maximum atomic E-state index is 12.7. The minimum atomic E-state index is -0.377. The first-order chi connectivity index (χ1) is 12.1. The molecule has 6 heteroatoms. The number of carbonyl (C=O) groups excluding carboxylic acids is 1. The Hall–Kier alpha value is -2.21. The molecule has 0 aromatic heterocycles. The van der Waals surface area contributed by atoms with Gasteiger partial charge in [0.1, 0.15) is 0 Å². The van der Waals surface area contributed by atoms with E-state index in [1.807, 2.05) is 6.07 Å². The highest BCUT2D eigenvalue weighted by molar-refractivity contribution is 8.01. The van der Waals surface area contributed by atoms with Gasteiger partial charge < -0.3 is 0 Å². The molecule has 2 atom stereocenters.